The van der Waals surface area contributed by atoms with E-state index in [2.05, 4.69) is 64.7 Å². The third-order valence-corrected chi connectivity index (χ3v) is 4.42. The molecule has 1 aliphatic rings. The maximum atomic E-state index is 4.35. The Morgan fingerprint density at radius 1 is 1.22 bits per heavy atom. The van der Waals surface area contributed by atoms with Crippen LogP contribution in [0.2, 0.25) is 0 Å². The molecule has 23 heavy (non-hydrogen) atoms. The van der Waals surface area contributed by atoms with Crippen LogP contribution >= 0.6 is 0 Å². The molecule has 1 aromatic carbocycles. The smallest absolute Gasteiger partial charge is 0.191 e. The van der Waals surface area contributed by atoms with Crippen molar-refractivity contribution in [2.24, 2.45) is 10.9 Å². The average Bonchev–Trinajstić information content (AvgIpc) is 2.56. The van der Waals surface area contributed by atoms with E-state index in [4.69, 9.17) is 0 Å². The first-order valence-electron chi connectivity index (χ1n) is 8.91. The van der Waals surface area contributed by atoms with E-state index in [1.807, 2.05) is 7.05 Å². The lowest BCUT2D eigenvalue weighted by molar-refractivity contribution is 0.198. The largest absolute Gasteiger partial charge is 0.356 e. The minimum Gasteiger partial charge on any atom is -0.356 e. The summed E-state index contributed by atoms with van der Waals surface area (Å²) in [4.78, 5) is 6.89. The number of aliphatic imine (C=N–C) groups is 1. The standard InChI is InChI=1S/C19H32N4/c1-16(2)9-12-21-19(20-3)22-18-10-13-23(14-11-18)15-17-7-5-4-6-8-17/h4-8,16,18H,9-15H2,1-3H3,(H2,20,21,22). The SMILES string of the molecule is CN=C(NCCC(C)C)NC1CCN(Cc2ccccc2)CC1. The Kier molecular flexibility index (Phi) is 7.40. The molecule has 1 aliphatic heterocycles. The first kappa shape index (κ1) is 17.8. The Hall–Kier alpha value is -1.55. The highest BCUT2D eigenvalue weighted by molar-refractivity contribution is 5.79. The highest BCUT2D eigenvalue weighted by Gasteiger charge is 2.19. The number of nitrogens with zero attached hydrogens (tertiary/aromatic N) is 2. The van der Waals surface area contributed by atoms with Gasteiger partial charge in [0.25, 0.3) is 0 Å². The molecule has 1 aromatic rings. The molecule has 4 nitrogen and oxygen atoms in total. The van der Waals surface area contributed by atoms with E-state index < -0.39 is 0 Å². The molecule has 0 atom stereocenters. The summed E-state index contributed by atoms with van der Waals surface area (Å²) >= 11 is 0. The van der Waals surface area contributed by atoms with Crippen molar-refractivity contribution in [3.8, 4) is 0 Å². The summed E-state index contributed by atoms with van der Waals surface area (Å²) in [6.45, 7) is 8.85. The summed E-state index contributed by atoms with van der Waals surface area (Å²) in [6, 6.07) is 11.3. The molecule has 0 aliphatic carbocycles. The fourth-order valence-electron chi connectivity index (χ4n) is 2.94. The van der Waals surface area contributed by atoms with E-state index >= 15 is 0 Å². The molecular formula is C19H32N4. The van der Waals surface area contributed by atoms with Crippen molar-refractivity contribution in [3.05, 3.63) is 35.9 Å². The van der Waals surface area contributed by atoms with Crippen molar-refractivity contribution in [1.82, 2.24) is 15.5 Å². The molecule has 0 bridgehead atoms. The van der Waals surface area contributed by atoms with Crippen LogP contribution in [-0.2, 0) is 6.54 Å². The number of benzene rings is 1. The van der Waals surface area contributed by atoms with Crippen molar-refractivity contribution < 1.29 is 0 Å². The van der Waals surface area contributed by atoms with Gasteiger partial charge in [-0.2, -0.15) is 0 Å². The average molecular weight is 316 g/mol. The second kappa shape index (κ2) is 9.56. The van der Waals surface area contributed by atoms with E-state index in [1.54, 1.807) is 0 Å². The maximum Gasteiger partial charge on any atom is 0.191 e. The molecule has 2 rings (SSSR count). The van der Waals surface area contributed by atoms with Crippen LogP contribution in [0.25, 0.3) is 0 Å². The zero-order valence-electron chi connectivity index (χ0n) is 14.9. The van der Waals surface area contributed by atoms with Crippen molar-refractivity contribution in [1.29, 1.82) is 0 Å². The van der Waals surface area contributed by atoms with Gasteiger partial charge in [-0.05, 0) is 30.7 Å². The van der Waals surface area contributed by atoms with Crippen molar-refractivity contribution in [2.75, 3.05) is 26.7 Å². The second-order valence-electron chi connectivity index (χ2n) is 6.86. The van der Waals surface area contributed by atoms with Gasteiger partial charge in [0, 0.05) is 39.3 Å². The second-order valence-corrected chi connectivity index (χ2v) is 6.86. The number of likely N-dealkylation sites (tertiary alicyclic amines) is 1. The van der Waals surface area contributed by atoms with Crippen LogP contribution in [0.5, 0.6) is 0 Å². The monoisotopic (exact) mass is 316 g/mol. The predicted molar refractivity (Wildman–Crippen MR) is 98.7 cm³/mol. The van der Waals surface area contributed by atoms with E-state index in [1.165, 1.54) is 24.8 Å². The van der Waals surface area contributed by atoms with Gasteiger partial charge >= 0.3 is 0 Å². The Morgan fingerprint density at radius 2 is 1.91 bits per heavy atom. The summed E-state index contributed by atoms with van der Waals surface area (Å²) in [5, 5.41) is 7.00. The van der Waals surface area contributed by atoms with Crippen molar-refractivity contribution >= 4 is 5.96 Å². The van der Waals surface area contributed by atoms with Gasteiger partial charge in [0.05, 0.1) is 0 Å². The molecule has 2 N–H and O–H groups in total. The van der Waals surface area contributed by atoms with Gasteiger partial charge in [-0.1, -0.05) is 44.2 Å². The normalized spacial score (nSPS) is 17.5. The molecule has 0 saturated carbocycles. The maximum absolute atomic E-state index is 4.35. The number of hydrogen-bond acceptors (Lipinski definition) is 2. The zero-order chi connectivity index (χ0) is 16.5. The summed E-state index contributed by atoms with van der Waals surface area (Å²) in [5.74, 6) is 1.67. The summed E-state index contributed by atoms with van der Waals surface area (Å²) in [6.07, 6.45) is 3.53. The van der Waals surface area contributed by atoms with Crippen LogP contribution in [0.1, 0.15) is 38.7 Å². The highest BCUT2D eigenvalue weighted by atomic mass is 15.2. The fourth-order valence-corrected chi connectivity index (χ4v) is 2.94. The lowest BCUT2D eigenvalue weighted by Gasteiger charge is -2.33. The molecule has 0 spiro atoms. The quantitative estimate of drug-likeness (QED) is 0.626. The van der Waals surface area contributed by atoms with Gasteiger partial charge in [-0.25, -0.2) is 0 Å². The molecule has 0 aromatic heterocycles. The highest BCUT2D eigenvalue weighted by Crippen LogP contribution is 2.13. The Morgan fingerprint density at radius 3 is 2.52 bits per heavy atom. The van der Waals surface area contributed by atoms with E-state index in [0.717, 1.165) is 38.1 Å². The van der Waals surface area contributed by atoms with Gasteiger partial charge in [0.2, 0.25) is 0 Å². The zero-order valence-corrected chi connectivity index (χ0v) is 14.9. The van der Waals surface area contributed by atoms with Crippen LogP contribution in [0.3, 0.4) is 0 Å². The summed E-state index contributed by atoms with van der Waals surface area (Å²) < 4.78 is 0. The lowest BCUT2D eigenvalue weighted by Crippen LogP contribution is -2.48. The van der Waals surface area contributed by atoms with Gasteiger partial charge in [0.1, 0.15) is 0 Å². The summed E-state index contributed by atoms with van der Waals surface area (Å²) in [7, 11) is 1.86. The van der Waals surface area contributed by atoms with Gasteiger partial charge in [0.15, 0.2) is 5.96 Å². The Labute approximate surface area is 141 Å². The van der Waals surface area contributed by atoms with Crippen LogP contribution in [-0.4, -0.2) is 43.6 Å². The van der Waals surface area contributed by atoms with Crippen LogP contribution in [0, 0.1) is 5.92 Å². The molecule has 0 amide bonds. The van der Waals surface area contributed by atoms with Gasteiger partial charge < -0.3 is 10.6 Å². The molecule has 1 heterocycles. The number of rotatable bonds is 6. The van der Waals surface area contributed by atoms with Crippen LogP contribution in [0.4, 0.5) is 0 Å². The lowest BCUT2D eigenvalue weighted by atomic mass is 10.0. The minimum atomic E-state index is 0.535. The number of piperidine rings is 1. The van der Waals surface area contributed by atoms with Crippen LogP contribution < -0.4 is 10.6 Å². The topological polar surface area (TPSA) is 39.7 Å². The van der Waals surface area contributed by atoms with Gasteiger partial charge in [-0.15, -0.1) is 0 Å². The van der Waals surface area contributed by atoms with E-state index in [9.17, 15) is 0 Å². The number of nitrogens with one attached hydrogen (secondary N) is 2. The molecule has 128 valence electrons. The fraction of sp³-hybridized carbons (Fsp3) is 0.632. The molecule has 1 fully saturated rings. The first-order valence-corrected chi connectivity index (χ1v) is 8.91. The van der Waals surface area contributed by atoms with Gasteiger partial charge in [-0.3, -0.25) is 9.89 Å². The Balaban J connectivity index is 1.69. The minimum absolute atomic E-state index is 0.535. The third kappa shape index (κ3) is 6.61. The number of guanidine groups is 1. The first-order chi connectivity index (χ1) is 11.2. The Bertz CT molecular complexity index is 462. The van der Waals surface area contributed by atoms with Crippen molar-refractivity contribution in [3.63, 3.8) is 0 Å². The molecule has 0 radical (unpaired) electrons. The number of hydrogen-bond donors (Lipinski definition) is 2. The predicted octanol–water partition coefficient (Wildman–Crippen LogP) is 2.86. The molecule has 0 unspecified atom stereocenters. The van der Waals surface area contributed by atoms with E-state index in [0.29, 0.717) is 6.04 Å². The van der Waals surface area contributed by atoms with Crippen LogP contribution in [0.15, 0.2) is 35.3 Å². The van der Waals surface area contributed by atoms with E-state index in [-0.39, 0.29) is 0 Å². The third-order valence-electron chi connectivity index (χ3n) is 4.42. The van der Waals surface area contributed by atoms with Crippen molar-refractivity contribution in [2.45, 2.75) is 45.7 Å². The molecular weight excluding hydrogens is 284 g/mol. The summed E-state index contributed by atoms with van der Waals surface area (Å²) in [5.41, 5.74) is 1.41. The molecule has 1 saturated heterocycles. The molecule has 4 heteroatoms.